The summed E-state index contributed by atoms with van der Waals surface area (Å²) < 4.78 is 35.3. The van der Waals surface area contributed by atoms with Crippen LogP contribution < -0.4 is 19.7 Å². The summed E-state index contributed by atoms with van der Waals surface area (Å²) in [5, 5.41) is 2.92. The van der Waals surface area contributed by atoms with Crippen LogP contribution in [-0.4, -0.2) is 48.9 Å². The largest absolute Gasteiger partial charge is 0.465 e. The van der Waals surface area contributed by atoms with Crippen molar-refractivity contribution in [1.82, 2.24) is 10.3 Å². The van der Waals surface area contributed by atoms with Crippen LogP contribution in [0.4, 0.5) is 14.9 Å². The summed E-state index contributed by atoms with van der Waals surface area (Å²) in [7, 11) is 1.29. The quantitative estimate of drug-likeness (QED) is 0.362. The van der Waals surface area contributed by atoms with E-state index in [4.69, 9.17) is 18.9 Å². The Morgan fingerprint density at radius 1 is 1.03 bits per heavy atom. The number of ether oxygens (including phenoxy) is 4. The monoisotopic (exact) mass is 537 g/mol. The summed E-state index contributed by atoms with van der Waals surface area (Å²) in [5.74, 6) is 0.387. The van der Waals surface area contributed by atoms with Gasteiger partial charge in [-0.2, -0.15) is 0 Å². The number of aromatic nitrogens is 1. The standard InChI is InChI=1S/C29H32FN3O6/c1-29(2,3)39-28(35)32-20-8-6-14-33(18-20)21-16-25(27(34)36-4)26(31-17-21)38-23-12-10-22(11-13-23)37-24-9-5-7-19(30)15-24/h5,7,9-13,15-17,20H,6,8,14,18H2,1-4H3,(H,32,35). The van der Waals surface area contributed by atoms with E-state index < -0.39 is 23.5 Å². The first-order chi connectivity index (χ1) is 18.6. The fourth-order valence-corrected chi connectivity index (χ4v) is 4.11. The van der Waals surface area contributed by atoms with Gasteiger partial charge in [0.05, 0.1) is 19.0 Å². The molecule has 0 radical (unpaired) electrons. The SMILES string of the molecule is COC(=O)c1cc(N2CCCC(NC(=O)OC(C)(C)C)C2)cnc1Oc1ccc(Oc2cccc(F)c2)cc1. The molecule has 1 saturated heterocycles. The molecule has 10 heteroatoms. The van der Waals surface area contributed by atoms with Gasteiger partial charge in [0.25, 0.3) is 0 Å². The maximum absolute atomic E-state index is 13.4. The number of benzene rings is 2. The summed E-state index contributed by atoms with van der Waals surface area (Å²) in [4.78, 5) is 31.3. The lowest BCUT2D eigenvalue weighted by Crippen LogP contribution is -2.49. The number of methoxy groups -OCH3 is 1. The Kier molecular flexibility index (Phi) is 8.53. The van der Waals surface area contributed by atoms with Crippen LogP contribution in [0.3, 0.4) is 0 Å². The first kappa shape index (κ1) is 27.7. The zero-order valence-electron chi connectivity index (χ0n) is 22.4. The normalized spacial score (nSPS) is 15.3. The van der Waals surface area contributed by atoms with Gasteiger partial charge in [0.15, 0.2) is 0 Å². The van der Waals surface area contributed by atoms with Gasteiger partial charge in [-0.3, -0.25) is 0 Å². The van der Waals surface area contributed by atoms with Crippen molar-refractivity contribution < 1.29 is 32.9 Å². The van der Waals surface area contributed by atoms with Gasteiger partial charge in [0, 0.05) is 25.2 Å². The summed E-state index contributed by atoms with van der Waals surface area (Å²) >= 11 is 0. The van der Waals surface area contributed by atoms with Crippen LogP contribution in [0.1, 0.15) is 44.0 Å². The predicted octanol–water partition coefficient (Wildman–Crippen LogP) is 6.09. The number of rotatable bonds is 7. The molecule has 1 fully saturated rings. The number of nitrogens with zero attached hydrogens (tertiary/aromatic N) is 2. The zero-order chi connectivity index (χ0) is 28.0. The van der Waals surface area contributed by atoms with Crippen molar-refractivity contribution in [2.45, 2.75) is 45.3 Å². The molecule has 2 heterocycles. The van der Waals surface area contributed by atoms with Crippen LogP contribution in [-0.2, 0) is 9.47 Å². The number of anilines is 1. The Labute approximate surface area is 226 Å². The van der Waals surface area contributed by atoms with Gasteiger partial charge in [0.1, 0.15) is 34.2 Å². The van der Waals surface area contributed by atoms with Crippen LogP contribution in [0, 0.1) is 5.82 Å². The third-order valence-corrected chi connectivity index (χ3v) is 5.82. The Bertz CT molecular complexity index is 1310. The number of nitrogens with one attached hydrogen (secondary N) is 1. The van der Waals surface area contributed by atoms with Crippen molar-refractivity contribution in [3.63, 3.8) is 0 Å². The molecule has 1 aromatic heterocycles. The molecule has 1 amide bonds. The second kappa shape index (κ2) is 12.0. The number of alkyl carbamates (subject to hydrolysis) is 1. The maximum atomic E-state index is 13.4. The van der Waals surface area contributed by atoms with E-state index in [2.05, 4.69) is 10.3 Å². The summed E-state index contributed by atoms with van der Waals surface area (Å²) in [6.07, 6.45) is 2.82. The Morgan fingerprint density at radius 3 is 2.41 bits per heavy atom. The van der Waals surface area contributed by atoms with Gasteiger partial charge in [-0.05, 0) is 76.1 Å². The highest BCUT2D eigenvalue weighted by Gasteiger charge is 2.26. The number of hydrogen-bond donors (Lipinski definition) is 1. The molecule has 1 aliphatic heterocycles. The van der Waals surface area contributed by atoms with Crippen molar-refractivity contribution in [3.05, 3.63) is 72.2 Å². The van der Waals surface area contributed by atoms with Gasteiger partial charge in [-0.25, -0.2) is 19.0 Å². The van der Waals surface area contributed by atoms with Gasteiger partial charge in [-0.1, -0.05) is 6.07 Å². The smallest absolute Gasteiger partial charge is 0.407 e. The van der Waals surface area contributed by atoms with Gasteiger partial charge >= 0.3 is 12.1 Å². The van der Waals surface area contributed by atoms with E-state index in [1.54, 1.807) is 48.7 Å². The van der Waals surface area contributed by atoms with Gasteiger partial charge in [0.2, 0.25) is 5.88 Å². The van der Waals surface area contributed by atoms with Crippen LogP contribution in [0.2, 0.25) is 0 Å². The predicted molar refractivity (Wildman–Crippen MR) is 143 cm³/mol. The number of halogens is 1. The van der Waals surface area contributed by atoms with E-state index in [9.17, 15) is 14.0 Å². The average molecular weight is 538 g/mol. The van der Waals surface area contributed by atoms with Crippen molar-refractivity contribution in [1.29, 1.82) is 0 Å². The highest BCUT2D eigenvalue weighted by molar-refractivity contribution is 5.93. The topological polar surface area (TPSA) is 99.2 Å². The number of hydrogen-bond acceptors (Lipinski definition) is 8. The second-order valence-corrected chi connectivity index (χ2v) is 10.1. The third kappa shape index (κ3) is 7.83. The summed E-state index contributed by atoms with van der Waals surface area (Å²) in [6, 6.07) is 14.0. The minimum Gasteiger partial charge on any atom is -0.465 e. The molecule has 1 atom stereocenters. The number of amides is 1. The third-order valence-electron chi connectivity index (χ3n) is 5.82. The minimum atomic E-state index is -0.592. The van der Waals surface area contributed by atoms with E-state index in [0.29, 0.717) is 29.5 Å². The van der Waals surface area contributed by atoms with E-state index in [1.807, 2.05) is 25.7 Å². The molecule has 2 aromatic carbocycles. The highest BCUT2D eigenvalue weighted by atomic mass is 19.1. The van der Waals surface area contributed by atoms with Crippen molar-refractivity contribution in [2.75, 3.05) is 25.1 Å². The van der Waals surface area contributed by atoms with E-state index in [0.717, 1.165) is 19.4 Å². The van der Waals surface area contributed by atoms with E-state index in [1.165, 1.54) is 19.2 Å². The maximum Gasteiger partial charge on any atom is 0.407 e. The molecule has 3 aromatic rings. The van der Waals surface area contributed by atoms with Crippen LogP contribution in [0.15, 0.2) is 60.8 Å². The van der Waals surface area contributed by atoms with Crippen molar-refractivity contribution in [3.8, 4) is 23.1 Å². The average Bonchev–Trinajstić information content (AvgIpc) is 2.88. The minimum absolute atomic E-state index is 0.0878. The molecule has 0 saturated carbocycles. The first-order valence-electron chi connectivity index (χ1n) is 12.6. The number of carbonyl (C=O) groups is 2. The molecule has 1 N–H and O–H groups in total. The second-order valence-electron chi connectivity index (χ2n) is 10.1. The summed E-state index contributed by atoms with van der Waals surface area (Å²) in [5.41, 5.74) is 0.289. The Balaban J connectivity index is 1.46. The fourth-order valence-electron chi connectivity index (χ4n) is 4.11. The van der Waals surface area contributed by atoms with Crippen LogP contribution >= 0.6 is 0 Å². The molecular formula is C29H32FN3O6. The molecule has 4 rings (SSSR count). The molecule has 9 nitrogen and oxygen atoms in total. The molecule has 39 heavy (non-hydrogen) atoms. The molecular weight excluding hydrogens is 505 g/mol. The lowest BCUT2D eigenvalue weighted by molar-refractivity contribution is 0.0499. The summed E-state index contributed by atoms with van der Waals surface area (Å²) in [6.45, 7) is 6.73. The van der Waals surface area contributed by atoms with Crippen molar-refractivity contribution >= 4 is 17.7 Å². The number of pyridine rings is 1. The van der Waals surface area contributed by atoms with Crippen molar-refractivity contribution in [2.24, 2.45) is 0 Å². The molecule has 0 spiro atoms. The number of esters is 1. The van der Waals surface area contributed by atoms with E-state index >= 15 is 0 Å². The van der Waals surface area contributed by atoms with Gasteiger partial charge in [-0.15, -0.1) is 0 Å². The Morgan fingerprint density at radius 2 is 1.74 bits per heavy atom. The fraction of sp³-hybridized carbons (Fsp3) is 0.345. The lowest BCUT2D eigenvalue weighted by atomic mass is 10.0. The first-order valence-corrected chi connectivity index (χ1v) is 12.6. The highest BCUT2D eigenvalue weighted by Crippen LogP contribution is 2.31. The molecule has 206 valence electrons. The molecule has 1 aliphatic rings. The molecule has 0 aliphatic carbocycles. The lowest BCUT2D eigenvalue weighted by Gasteiger charge is -2.35. The molecule has 0 bridgehead atoms. The zero-order valence-corrected chi connectivity index (χ0v) is 22.4. The van der Waals surface area contributed by atoms with E-state index in [-0.39, 0.29) is 17.5 Å². The Hall–Kier alpha value is -4.34. The van der Waals surface area contributed by atoms with Gasteiger partial charge < -0.3 is 29.2 Å². The van der Waals surface area contributed by atoms with Crippen LogP contribution in [0.25, 0.3) is 0 Å². The van der Waals surface area contributed by atoms with Crippen LogP contribution in [0.5, 0.6) is 23.1 Å². The number of piperidine rings is 1. The number of carbonyl (C=O) groups excluding carboxylic acids is 2. The molecule has 1 unspecified atom stereocenters.